The second-order valence-electron chi connectivity index (χ2n) is 9.50. The zero-order chi connectivity index (χ0) is 28.5. The van der Waals surface area contributed by atoms with Gasteiger partial charge in [0.1, 0.15) is 41.0 Å². The molecule has 39 heavy (non-hydrogen) atoms. The van der Waals surface area contributed by atoms with Crippen LogP contribution >= 0.6 is 19.3 Å². The SMILES string of the molecule is CC(C)OC(=O)C(C)NP(=O)(OCC1OC(n2cc(F)c3c(N)ncnc32)C(C)(Cl)C1O)Oc1ccccc1. The highest BCUT2D eigenvalue weighted by atomic mass is 35.5. The summed E-state index contributed by atoms with van der Waals surface area (Å²) in [5, 5.41) is 13.6. The number of halogens is 2. The highest BCUT2D eigenvalue weighted by Crippen LogP contribution is 2.49. The average Bonchev–Trinajstić information content (AvgIpc) is 3.31. The Morgan fingerprint density at radius 3 is 2.69 bits per heavy atom. The zero-order valence-electron chi connectivity index (χ0n) is 21.7. The molecular formula is C24H30ClFN5O7P. The third-order valence-electron chi connectivity index (χ3n) is 6.00. The zero-order valence-corrected chi connectivity index (χ0v) is 23.3. The van der Waals surface area contributed by atoms with E-state index in [9.17, 15) is 18.9 Å². The third kappa shape index (κ3) is 6.19. The number of fused-ring (bicyclic) bond motifs is 1. The van der Waals surface area contributed by atoms with Crippen LogP contribution in [0.4, 0.5) is 10.2 Å². The number of nitrogens with two attached hydrogens (primary N) is 1. The number of aromatic nitrogens is 3. The molecule has 1 fully saturated rings. The molecule has 212 valence electrons. The molecule has 3 aromatic rings. The van der Waals surface area contributed by atoms with Crippen molar-refractivity contribution in [1.82, 2.24) is 19.6 Å². The van der Waals surface area contributed by atoms with Crippen molar-refractivity contribution in [2.45, 2.75) is 63.2 Å². The molecule has 0 amide bonds. The van der Waals surface area contributed by atoms with Gasteiger partial charge >= 0.3 is 13.7 Å². The van der Waals surface area contributed by atoms with E-state index >= 15 is 0 Å². The lowest BCUT2D eigenvalue weighted by atomic mass is 10.0. The minimum Gasteiger partial charge on any atom is -0.462 e. The third-order valence-corrected chi connectivity index (χ3v) is 8.05. The number of benzene rings is 1. The molecule has 0 radical (unpaired) electrons. The molecule has 1 aliphatic rings. The molecule has 3 heterocycles. The van der Waals surface area contributed by atoms with Crippen LogP contribution in [0.3, 0.4) is 0 Å². The molecule has 4 rings (SSSR count). The summed E-state index contributed by atoms with van der Waals surface area (Å²) in [5.41, 5.74) is 5.92. The van der Waals surface area contributed by atoms with Gasteiger partial charge in [0, 0.05) is 6.20 Å². The van der Waals surface area contributed by atoms with E-state index < -0.39 is 61.6 Å². The quantitative estimate of drug-likeness (QED) is 0.181. The fourth-order valence-electron chi connectivity index (χ4n) is 4.10. The van der Waals surface area contributed by atoms with Crippen LogP contribution in [0, 0.1) is 5.82 Å². The number of ether oxygens (including phenoxy) is 2. The molecular weight excluding hydrogens is 556 g/mol. The van der Waals surface area contributed by atoms with Gasteiger partial charge in [-0.2, -0.15) is 5.09 Å². The Hall–Kier alpha value is -2.80. The second-order valence-corrected chi connectivity index (χ2v) is 12.0. The Kier molecular flexibility index (Phi) is 8.50. The van der Waals surface area contributed by atoms with E-state index in [0.29, 0.717) is 0 Å². The van der Waals surface area contributed by atoms with Crippen LogP contribution in [0.1, 0.15) is 33.9 Å². The minimum absolute atomic E-state index is 0.0185. The summed E-state index contributed by atoms with van der Waals surface area (Å²) in [4.78, 5) is 18.8. The van der Waals surface area contributed by atoms with Crippen molar-refractivity contribution in [3.63, 3.8) is 0 Å². The van der Waals surface area contributed by atoms with E-state index in [0.717, 1.165) is 6.20 Å². The van der Waals surface area contributed by atoms with Gasteiger partial charge in [-0.15, -0.1) is 11.6 Å². The molecule has 6 atom stereocenters. The van der Waals surface area contributed by atoms with Gasteiger partial charge in [-0.25, -0.2) is 18.9 Å². The van der Waals surface area contributed by atoms with Crippen LogP contribution in [0.5, 0.6) is 5.75 Å². The summed E-state index contributed by atoms with van der Waals surface area (Å²) in [6, 6.07) is 7.12. The monoisotopic (exact) mass is 585 g/mol. The molecule has 15 heteroatoms. The maximum absolute atomic E-state index is 14.7. The van der Waals surface area contributed by atoms with Crippen molar-refractivity contribution < 1.29 is 37.4 Å². The minimum atomic E-state index is -4.24. The first-order chi connectivity index (χ1) is 18.3. The van der Waals surface area contributed by atoms with Crippen molar-refractivity contribution >= 4 is 42.2 Å². The van der Waals surface area contributed by atoms with Crippen LogP contribution in [-0.4, -0.2) is 61.4 Å². The fraction of sp³-hybridized carbons (Fsp3) is 0.458. The predicted molar refractivity (Wildman–Crippen MR) is 141 cm³/mol. The number of carbonyl (C=O) groups excluding carboxylic acids is 1. The topological polar surface area (TPSA) is 160 Å². The van der Waals surface area contributed by atoms with Gasteiger partial charge in [-0.05, 0) is 39.8 Å². The highest BCUT2D eigenvalue weighted by molar-refractivity contribution is 7.52. The number of carbonyl (C=O) groups is 1. The highest BCUT2D eigenvalue weighted by Gasteiger charge is 2.54. The molecule has 1 aromatic carbocycles. The molecule has 0 saturated carbocycles. The van der Waals surface area contributed by atoms with E-state index in [4.69, 9.17) is 35.9 Å². The Morgan fingerprint density at radius 2 is 2.03 bits per heavy atom. The number of nitrogens with one attached hydrogen (secondary N) is 1. The lowest BCUT2D eigenvalue weighted by molar-refractivity contribution is -0.149. The van der Waals surface area contributed by atoms with Crippen LogP contribution in [-0.2, 0) is 23.4 Å². The van der Waals surface area contributed by atoms with Crippen LogP contribution < -0.4 is 15.3 Å². The predicted octanol–water partition coefficient (Wildman–Crippen LogP) is 3.54. The lowest BCUT2D eigenvalue weighted by Gasteiger charge is -2.26. The van der Waals surface area contributed by atoms with Crippen molar-refractivity contribution in [2.24, 2.45) is 0 Å². The number of aliphatic hydroxyl groups is 1. The van der Waals surface area contributed by atoms with Gasteiger partial charge in [0.2, 0.25) is 0 Å². The summed E-state index contributed by atoms with van der Waals surface area (Å²) in [6.45, 7) is 5.84. The van der Waals surface area contributed by atoms with E-state index in [-0.39, 0.29) is 22.6 Å². The Bertz CT molecular complexity index is 1380. The van der Waals surface area contributed by atoms with Gasteiger partial charge in [0.25, 0.3) is 0 Å². The molecule has 12 nitrogen and oxygen atoms in total. The number of esters is 1. The number of nitrogen functional groups attached to an aromatic ring is 1. The van der Waals surface area contributed by atoms with Gasteiger partial charge < -0.3 is 29.4 Å². The summed E-state index contributed by atoms with van der Waals surface area (Å²) < 4.78 is 52.2. The molecule has 2 aromatic heterocycles. The van der Waals surface area contributed by atoms with Gasteiger partial charge in [0.15, 0.2) is 17.7 Å². The van der Waals surface area contributed by atoms with E-state index in [1.807, 2.05) is 0 Å². The number of para-hydroxylation sites is 1. The number of hydrogen-bond acceptors (Lipinski definition) is 10. The second kappa shape index (κ2) is 11.4. The standard InChI is InChI=1S/C24H30ClFN5O7P/c1-13(2)36-22(33)14(3)30-39(34,38-15-8-6-5-7-9-15)35-11-17-19(32)24(4,25)23(37-17)31-10-16(26)18-20(27)28-12-29-21(18)31/h5-10,12-14,17,19,23,32H,11H2,1-4H3,(H,30,34)(H2,27,28,29). The first-order valence-electron chi connectivity index (χ1n) is 12.1. The van der Waals surface area contributed by atoms with E-state index in [2.05, 4.69) is 15.1 Å². The van der Waals surface area contributed by atoms with Crippen LogP contribution in [0.2, 0.25) is 0 Å². The smallest absolute Gasteiger partial charge is 0.459 e. The van der Waals surface area contributed by atoms with Crippen LogP contribution in [0.15, 0.2) is 42.9 Å². The number of nitrogens with zero attached hydrogens (tertiary/aromatic N) is 3. The normalized spacial score (nSPS) is 25.5. The Labute approximate surface area is 229 Å². The maximum atomic E-state index is 14.7. The first kappa shape index (κ1) is 29.2. The fourth-order valence-corrected chi connectivity index (χ4v) is 5.90. The summed E-state index contributed by atoms with van der Waals surface area (Å²) in [7, 11) is -4.24. The van der Waals surface area contributed by atoms with Gasteiger partial charge in [-0.3, -0.25) is 9.32 Å². The van der Waals surface area contributed by atoms with Gasteiger partial charge in [0.05, 0.1) is 18.1 Å². The summed E-state index contributed by atoms with van der Waals surface area (Å²) >= 11 is 6.69. The van der Waals surface area contributed by atoms with Crippen molar-refractivity contribution in [3.8, 4) is 5.75 Å². The number of rotatable bonds is 10. The molecule has 4 N–H and O–H groups in total. The Balaban J connectivity index is 1.56. The van der Waals surface area contributed by atoms with Crippen molar-refractivity contribution in [1.29, 1.82) is 0 Å². The molecule has 6 unspecified atom stereocenters. The maximum Gasteiger partial charge on any atom is 0.459 e. The summed E-state index contributed by atoms with van der Waals surface area (Å²) in [6.07, 6.45) is -1.75. The summed E-state index contributed by atoms with van der Waals surface area (Å²) in [5.74, 6) is -1.22. The molecule has 1 saturated heterocycles. The largest absolute Gasteiger partial charge is 0.462 e. The molecule has 0 bridgehead atoms. The first-order valence-corrected chi connectivity index (χ1v) is 14.0. The van der Waals surface area contributed by atoms with Crippen molar-refractivity contribution in [3.05, 3.63) is 48.7 Å². The van der Waals surface area contributed by atoms with Crippen molar-refractivity contribution in [2.75, 3.05) is 12.3 Å². The van der Waals surface area contributed by atoms with E-state index in [1.54, 1.807) is 44.2 Å². The van der Waals surface area contributed by atoms with E-state index in [1.165, 1.54) is 24.7 Å². The number of anilines is 1. The Morgan fingerprint density at radius 1 is 1.33 bits per heavy atom. The number of alkyl halides is 1. The number of hydrogen-bond donors (Lipinski definition) is 3. The molecule has 0 spiro atoms. The number of aliphatic hydroxyl groups excluding tert-OH is 1. The lowest BCUT2D eigenvalue weighted by Crippen LogP contribution is -2.40. The van der Waals surface area contributed by atoms with Crippen LogP contribution in [0.25, 0.3) is 11.0 Å². The van der Waals surface area contributed by atoms with Gasteiger partial charge in [-0.1, -0.05) is 18.2 Å². The molecule has 0 aliphatic carbocycles. The average molecular weight is 586 g/mol. The molecule has 1 aliphatic heterocycles.